The molecule has 3 nitrogen and oxygen atoms in total. The van der Waals surface area contributed by atoms with Crippen LogP contribution in [0.2, 0.25) is 0 Å². The predicted molar refractivity (Wildman–Crippen MR) is 86.7 cm³/mol. The summed E-state index contributed by atoms with van der Waals surface area (Å²) in [6.45, 7) is 5.68. The van der Waals surface area contributed by atoms with E-state index in [0.717, 1.165) is 25.4 Å². The van der Waals surface area contributed by atoms with Crippen LogP contribution >= 0.6 is 0 Å². The predicted octanol–water partition coefficient (Wildman–Crippen LogP) is 3.19. The highest BCUT2D eigenvalue weighted by Gasteiger charge is 2.41. The van der Waals surface area contributed by atoms with Gasteiger partial charge in [0.15, 0.2) is 0 Å². The summed E-state index contributed by atoms with van der Waals surface area (Å²) in [5.41, 5.74) is 1.79. The van der Waals surface area contributed by atoms with Crippen LogP contribution < -0.4 is 10.1 Å². The summed E-state index contributed by atoms with van der Waals surface area (Å²) < 4.78 is 5.26. The highest BCUT2D eigenvalue weighted by Crippen LogP contribution is 2.36. The molecule has 0 bridgehead atoms. The van der Waals surface area contributed by atoms with Crippen molar-refractivity contribution in [2.24, 2.45) is 0 Å². The van der Waals surface area contributed by atoms with Gasteiger partial charge in [0.05, 0.1) is 7.11 Å². The van der Waals surface area contributed by atoms with E-state index in [-0.39, 0.29) is 0 Å². The molecule has 0 amide bonds. The van der Waals surface area contributed by atoms with Crippen LogP contribution in [0.3, 0.4) is 0 Å². The van der Waals surface area contributed by atoms with Gasteiger partial charge in [-0.2, -0.15) is 0 Å². The number of nitrogens with one attached hydrogen (secondary N) is 1. The normalized spacial score (nSPS) is 25.9. The molecule has 2 aliphatic rings. The zero-order valence-electron chi connectivity index (χ0n) is 13.4. The van der Waals surface area contributed by atoms with Gasteiger partial charge in [-0.3, -0.25) is 4.90 Å². The van der Waals surface area contributed by atoms with Crippen LogP contribution in [-0.4, -0.2) is 36.7 Å². The zero-order chi connectivity index (χ0) is 14.7. The van der Waals surface area contributed by atoms with E-state index < -0.39 is 0 Å². The fourth-order valence-corrected chi connectivity index (χ4v) is 3.95. The fraction of sp³-hybridized carbons (Fsp3) is 0.667. The van der Waals surface area contributed by atoms with Crippen LogP contribution in [0.4, 0.5) is 0 Å². The molecule has 1 aliphatic carbocycles. The lowest BCUT2D eigenvalue weighted by Gasteiger charge is -2.51. The van der Waals surface area contributed by atoms with Crippen molar-refractivity contribution in [2.75, 3.05) is 20.2 Å². The Morgan fingerprint density at radius 2 is 1.90 bits per heavy atom. The van der Waals surface area contributed by atoms with Crippen molar-refractivity contribution in [3.05, 3.63) is 29.8 Å². The van der Waals surface area contributed by atoms with Crippen LogP contribution in [-0.2, 0) is 6.54 Å². The largest absolute Gasteiger partial charge is 0.497 e. The molecule has 1 aliphatic heterocycles. The molecule has 3 heteroatoms. The van der Waals surface area contributed by atoms with Gasteiger partial charge in [-0.25, -0.2) is 0 Å². The Balaban J connectivity index is 1.75. The second-order valence-electron chi connectivity index (χ2n) is 6.80. The van der Waals surface area contributed by atoms with Crippen molar-refractivity contribution in [3.63, 3.8) is 0 Å². The molecular formula is C18H28N2O. The second-order valence-corrected chi connectivity index (χ2v) is 6.80. The van der Waals surface area contributed by atoms with Gasteiger partial charge in [-0.05, 0) is 37.5 Å². The molecule has 1 heterocycles. The first-order chi connectivity index (χ1) is 10.2. The van der Waals surface area contributed by atoms with E-state index in [1.54, 1.807) is 7.11 Å². The van der Waals surface area contributed by atoms with Gasteiger partial charge in [0.25, 0.3) is 0 Å². The molecule has 1 aromatic carbocycles. The number of ether oxygens (including phenoxy) is 1. The number of nitrogens with zero attached hydrogens (tertiary/aromatic N) is 1. The highest BCUT2D eigenvalue weighted by atomic mass is 16.5. The summed E-state index contributed by atoms with van der Waals surface area (Å²) in [7, 11) is 1.73. The summed E-state index contributed by atoms with van der Waals surface area (Å²) in [4.78, 5) is 2.75. The molecule has 1 aromatic rings. The minimum atomic E-state index is 0.394. The first kappa shape index (κ1) is 14.9. The number of hydrogen-bond acceptors (Lipinski definition) is 3. The first-order valence-electron chi connectivity index (χ1n) is 8.33. The topological polar surface area (TPSA) is 24.5 Å². The maximum absolute atomic E-state index is 5.26. The SMILES string of the molecule is COc1ccc(CN2CC(C)NCC23CCCCC3)cc1. The molecule has 1 N–H and O–H groups in total. The molecular weight excluding hydrogens is 260 g/mol. The third kappa shape index (κ3) is 3.24. The summed E-state index contributed by atoms with van der Waals surface area (Å²) in [6, 6.07) is 9.17. The Bertz CT molecular complexity index is 451. The molecule has 0 aromatic heterocycles. The Kier molecular flexibility index (Phi) is 4.51. The lowest BCUT2D eigenvalue weighted by molar-refractivity contribution is 0.00617. The second kappa shape index (κ2) is 6.37. The smallest absolute Gasteiger partial charge is 0.118 e. The summed E-state index contributed by atoms with van der Waals surface area (Å²) in [6.07, 6.45) is 6.88. The number of piperazine rings is 1. The van der Waals surface area contributed by atoms with E-state index in [1.807, 2.05) is 0 Å². The van der Waals surface area contributed by atoms with Crippen molar-refractivity contribution < 1.29 is 4.74 Å². The molecule has 1 spiro atoms. The standard InChI is InChI=1S/C18H28N2O/c1-15-12-20(13-16-6-8-17(21-2)9-7-16)18(14-19-15)10-4-3-5-11-18/h6-9,15,19H,3-5,10-14H2,1-2H3. The van der Waals surface area contributed by atoms with Gasteiger partial charge in [-0.15, -0.1) is 0 Å². The lowest BCUT2D eigenvalue weighted by atomic mass is 9.78. The van der Waals surface area contributed by atoms with Crippen LogP contribution in [0.25, 0.3) is 0 Å². The third-order valence-corrected chi connectivity index (χ3v) is 5.26. The molecule has 116 valence electrons. The van der Waals surface area contributed by atoms with E-state index in [4.69, 9.17) is 4.74 Å². The fourth-order valence-electron chi connectivity index (χ4n) is 3.95. The summed E-state index contributed by atoms with van der Waals surface area (Å²) in [5.74, 6) is 0.944. The summed E-state index contributed by atoms with van der Waals surface area (Å²) >= 11 is 0. The minimum Gasteiger partial charge on any atom is -0.497 e. The van der Waals surface area contributed by atoms with E-state index in [2.05, 4.69) is 41.4 Å². The zero-order valence-corrected chi connectivity index (χ0v) is 13.4. The molecule has 21 heavy (non-hydrogen) atoms. The van der Waals surface area contributed by atoms with Crippen molar-refractivity contribution in [1.29, 1.82) is 0 Å². The van der Waals surface area contributed by atoms with Crippen molar-refractivity contribution in [3.8, 4) is 5.75 Å². The van der Waals surface area contributed by atoms with Crippen molar-refractivity contribution in [1.82, 2.24) is 10.2 Å². The average Bonchev–Trinajstić information content (AvgIpc) is 2.53. The molecule has 0 radical (unpaired) electrons. The number of methoxy groups -OCH3 is 1. The molecule has 1 saturated heterocycles. The molecule has 1 unspecified atom stereocenters. The Morgan fingerprint density at radius 3 is 2.57 bits per heavy atom. The Hall–Kier alpha value is -1.06. The van der Waals surface area contributed by atoms with Gasteiger partial charge >= 0.3 is 0 Å². The quantitative estimate of drug-likeness (QED) is 0.924. The lowest BCUT2D eigenvalue weighted by Crippen LogP contribution is -2.64. The van der Waals surface area contributed by atoms with Crippen LogP contribution in [0.5, 0.6) is 5.75 Å². The van der Waals surface area contributed by atoms with Gasteiger partial charge in [0, 0.05) is 31.2 Å². The monoisotopic (exact) mass is 288 g/mol. The molecule has 3 rings (SSSR count). The van der Waals surface area contributed by atoms with Gasteiger partial charge in [0.2, 0.25) is 0 Å². The molecule has 2 fully saturated rings. The maximum atomic E-state index is 5.26. The molecule has 1 saturated carbocycles. The Morgan fingerprint density at radius 1 is 1.19 bits per heavy atom. The van der Waals surface area contributed by atoms with E-state index in [0.29, 0.717) is 11.6 Å². The van der Waals surface area contributed by atoms with Gasteiger partial charge in [-0.1, -0.05) is 31.4 Å². The van der Waals surface area contributed by atoms with Gasteiger partial charge < -0.3 is 10.1 Å². The minimum absolute atomic E-state index is 0.394. The van der Waals surface area contributed by atoms with E-state index in [1.165, 1.54) is 37.7 Å². The van der Waals surface area contributed by atoms with E-state index in [9.17, 15) is 0 Å². The molecule has 1 atom stereocenters. The first-order valence-corrected chi connectivity index (χ1v) is 8.33. The number of benzene rings is 1. The van der Waals surface area contributed by atoms with Crippen LogP contribution in [0.1, 0.15) is 44.6 Å². The Labute approximate surface area is 128 Å². The maximum Gasteiger partial charge on any atom is 0.118 e. The van der Waals surface area contributed by atoms with Crippen molar-refractivity contribution in [2.45, 2.75) is 57.2 Å². The summed E-state index contributed by atoms with van der Waals surface area (Å²) in [5, 5.41) is 3.71. The number of hydrogen-bond donors (Lipinski definition) is 1. The van der Waals surface area contributed by atoms with Gasteiger partial charge in [0.1, 0.15) is 5.75 Å². The van der Waals surface area contributed by atoms with Crippen LogP contribution in [0, 0.1) is 0 Å². The van der Waals surface area contributed by atoms with E-state index >= 15 is 0 Å². The van der Waals surface area contributed by atoms with Crippen LogP contribution in [0.15, 0.2) is 24.3 Å². The average molecular weight is 288 g/mol. The van der Waals surface area contributed by atoms with Crippen molar-refractivity contribution >= 4 is 0 Å². The highest BCUT2D eigenvalue weighted by molar-refractivity contribution is 5.27. The third-order valence-electron chi connectivity index (χ3n) is 5.26. The number of rotatable bonds is 3.